The van der Waals surface area contributed by atoms with Crippen LogP contribution in [-0.2, 0) is 21.3 Å². The highest BCUT2D eigenvalue weighted by molar-refractivity contribution is 7.89. The van der Waals surface area contributed by atoms with E-state index < -0.39 is 22.2 Å². The third-order valence-electron chi connectivity index (χ3n) is 4.74. The quantitative estimate of drug-likeness (QED) is 0.725. The van der Waals surface area contributed by atoms with Gasteiger partial charge in [0.1, 0.15) is 6.61 Å². The maximum atomic E-state index is 13.2. The van der Waals surface area contributed by atoms with Crippen LogP contribution in [0, 0.1) is 0 Å². The number of hydrogen-bond acceptors (Lipinski definition) is 5. The van der Waals surface area contributed by atoms with Crippen LogP contribution >= 0.6 is 22.9 Å². The lowest BCUT2D eigenvalue weighted by Gasteiger charge is -2.39. The van der Waals surface area contributed by atoms with Crippen molar-refractivity contribution in [2.24, 2.45) is 0 Å². The summed E-state index contributed by atoms with van der Waals surface area (Å²) < 4.78 is 33.2. The average Bonchev–Trinajstić information content (AvgIpc) is 3.18. The molecule has 6 nitrogen and oxygen atoms in total. The molecule has 1 aliphatic rings. The van der Waals surface area contributed by atoms with Gasteiger partial charge in [-0.2, -0.15) is 4.31 Å². The molecule has 2 heterocycles. The zero-order valence-corrected chi connectivity index (χ0v) is 17.9. The molecule has 1 amide bonds. The van der Waals surface area contributed by atoms with Gasteiger partial charge in [0, 0.05) is 15.9 Å². The second-order valence-corrected chi connectivity index (χ2v) is 10.1. The second-order valence-electron chi connectivity index (χ2n) is 6.75. The number of carbonyl (C=O) groups is 1. The van der Waals surface area contributed by atoms with Crippen molar-refractivity contribution in [3.63, 3.8) is 0 Å². The summed E-state index contributed by atoms with van der Waals surface area (Å²) in [5.74, 6) is 0. The molecule has 1 N–H and O–H groups in total. The van der Waals surface area contributed by atoms with Gasteiger partial charge in [-0.15, -0.1) is 11.3 Å². The van der Waals surface area contributed by atoms with Crippen LogP contribution in [0.25, 0.3) is 0 Å². The van der Waals surface area contributed by atoms with E-state index in [-0.39, 0.29) is 17.5 Å². The number of piperidine rings is 1. The summed E-state index contributed by atoms with van der Waals surface area (Å²) in [6.07, 6.45) is 1.76. The molecule has 0 radical (unpaired) electrons. The Morgan fingerprint density at radius 3 is 2.71 bits per heavy atom. The summed E-state index contributed by atoms with van der Waals surface area (Å²) in [7, 11) is -3.71. The van der Waals surface area contributed by atoms with E-state index in [4.69, 9.17) is 16.3 Å². The highest BCUT2D eigenvalue weighted by Gasteiger charge is 2.38. The fraction of sp³-hybridized carbons (Fsp3) is 0.421. The number of ether oxygens (including phenoxy) is 1. The van der Waals surface area contributed by atoms with Gasteiger partial charge in [0.15, 0.2) is 0 Å². The number of nitrogens with one attached hydrogen (secondary N) is 1. The van der Waals surface area contributed by atoms with Crippen LogP contribution < -0.4 is 5.32 Å². The molecule has 1 aromatic carbocycles. The van der Waals surface area contributed by atoms with Gasteiger partial charge in [0.25, 0.3) is 0 Å². The molecule has 1 aromatic heterocycles. The second kappa shape index (κ2) is 9.26. The first-order valence-corrected chi connectivity index (χ1v) is 11.8. The molecule has 2 atom stereocenters. The first-order chi connectivity index (χ1) is 13.4. The summed E-state index contributed by atoms with van der Waals surface area (Å²) in [5, 5.41) is 5.11. The Morgan fingerprint density at radius 1 is 1.29 bits per heavy atom. The van der Waals surface area contributed by atoms with Gasteiger partial charge in [-0.25, -0.2) is 13.2 Å². The third-order valence-corrected chi connectivity index (χ3v) is 7.95. The van der Waals surface area contributed by atoms with Crippen LogP contribution in [0.4, 0.5) is 4.79 Å². The van der Waals surface area contributed by atoms with Gasteiger partial charge in [-0.05, 0) is 55.5 Å². The van der Waals surface area contributed by atoms with Crippen LogP contribution in [0.2, 0.25) is 5.02 Å². The van der Waals surface area contributed by atoms with E-state index in [1.165, 1.54) is 16.4 Å². The van der Waals surface area contributed by atoms with E-state index >= 15 is 0 Å². The summed E-state index contributed by atoms with van der Waals surface area (Å²) in [6, 6.07) is 9.41. The topological polar surface area (TPSA) is 75.7 Å². The van der Waals surface area contributed by atoms with Crippen LogP contribution in [0.1, 0.15) is 31.1 Å². The van der Waals surface area contributed by atoms with Gasteiger partial charge in [-0.3, -0.25) is 0 Å². The average molecular weight is 443 g/mol. The zero-order valence-electron chi connectivity index (χ0n) is 15.5. The van der Waals surface area contributed by atoms with E-state index in [2.05, 4.69) is 5.32 Å². The minimum absolute atomic E-state index is 0.0213. The molecule has 2 aromatic rings. The first-order valence-electron chi connectivity index (χ1n) is 9.10. The fourth-order valence-electron chi connectivity index (χ4n) is 3.38. The van der Waals surface area contributed by atoms with E-state index in [0.29, 0.717) is 18.0 Å². The van der Waals surface area contributed by atoms with Crippen molar-refractivity contribution in [3.05, 3.63) is 51.7 Å². The van der Waals surface area contributed by atoms with Crippen LogP contribution in [0.15, 0.2) is 46.7 Å². The number of rotatable bonds is 6. The summed E-state index contributed by atoms with van der Waals surface area (Å²) in [5.41, 5.74) is 0. The molecule has 3 rings (SSSR count). The largest absolute Gasteiger partial charge is 0.448 e. The SMILES string of the molecule is C[C@@H]1CCC[C@H](COC(=O)NCc2cccs2)N1S(=O)(=O)c1ccc(Cl)cc1. The summed E-state index contributed by atoms with van der Waals surface area (Å²) in [4.78, 5) is 13.2. The highest BCUT2D eigenvalue weighted by Crippen LogP contribution is 2.30. The van der Waals surface area contributed by atoms with Crippen LogP contribution in [-0.4, -0.2) is 37.5 Å². The number of sulfonamides is 1. The normalized spacial score (nSPS) is 20.6. The Hall–Kier alpha value is -1.61. The number of thiophene rings is 1. The number of hydrogen-bond donors (Lipinski definition) is 1. The van der Waals surface area contributed by atoms with Crippen molar-refractivity contribution in [3.8, 4) is 0 Å². The van der Waals surface area contributed by atoms with Crippen molar-refractivity contribution in [1.82, 2.24) is 9.62 Å². The molecule has 0 bridgehead atoms. The smallest absolute Gasteiger partial charge is 0.407 e. The first kappa shape index (κ1) is 21.1. The van der Waals surface area contributed by atoms with Crippen molar-refractivity contribution in [2.45, 2.75) is 49.7 Å². The molecule has 0 unspecified atom stereocenters. The molecule has 9 heteroatoms. The monoisotopic (exact) mass is 442 g/mol. The minimum Gasteiger partial charge on any atom is -0.448 e. The number of benzene rings is 1. The summed E-state index contributed by atoms with van der Waals surface area (Å²) in [6.45, 7) is 2.30. The van der Waals surface area contributed by atoms with Gasteiger partial charge in [0.05, 0.1) is 17.5 Å². The van der Waals surface area contributed by atoms with E-state index in [0.717, 1.165) is 17.7 Å². The summed E-state index contributed by atoms with van der Waals surface area (Å²) >= 11 is 7.43. The number of halogens is 1. The Balaban J connectivity index is 1.66. The lowest BCUT2D eigenvalue weighted by molar-refractivity contribution is 0.0891. The Morgan fingerprint density at radius 2 is 2.04 bits per heavy atom. The lowest BCUT2D eigenvalue weighted by Crippen LogP contribution is -2.51. The van der Waals surface area contributed by atoms with Crippen molar-refractivity contribution >= 4 is 39.1 Å². The van der Waals surface area contributed by atoms with E-state index in [9.17, 15) is 13.2 Å². The Bertz CT molecular complexity index is 885. The van der Waals surface area contributed by atoms with Crippen LogP contribution in [0.3, 0.4) is 0 Å². The highest BCUT2D eigenvalue weighted by atomic mass is 35.5. The predicted octanol–water partition coefficient (Wildman–Crippen LogP) is 4.26. The Labute approximate surface area is 174 Å². The number of carbonyl (C=O) groups excluding carboxylic acids is 1. The number of alkyl carbamates (subject to hydrolysis) is 1. The van der Waals surface area contributed by atoms with Gasteiger partial charge in [0.2, 0.25) is 10.0 Å². The fourth-order valence-corrected chi connectivity index (χ4v) is 6.01. The minimum atomic E-state index is -3.71. The molecule has 28 heavy (non-hydrogen) atoms. The van der Waals surface area contributed by atoms with E-state index in [1.807, 2.05) is 24.4 Å². The van der Waals surface area contributed by atoms with Crippen LogP contribution in [0.5, 0.6) is 0 Å². The zero-order chi connectivity index (χ0) is 20.1. The van der Waals surface area contributed by atoms with Gasteiger partial charge >= 0.3 is 6.09 Å². The molecule has 1 saturated heterocycles. The molecule has 0 aliphatic carbocycles. The van der Waals surface area contributed by atoms with Crippen molar-refractivity contribution in [1.29, 1.82) is 0 Å². The molecular weight excluding hydrogens is 420 g/mol. The van der Waals surface area contributed by atoms with Crippen molar-refractivity contribution in [2.75, 3.05) is 6.61 Å². The lowest BCUT2D eigenvalue weighted by atomic mass is 10.0. The molecule has 1 aliphatic heterocycles. The molecular formula is C19H23ClN2O4S2. The standard InChI is InChI=1S/C19H23ClN2O4S2/c1-14-4-2-5-16(13-26-19(23)21-12-17-6-3-11-27-17)22(14)28(24,25)18-9-7-15(20)8-10-18/h3,6-11,14,16H,2,4-5,12-13H2,1H3,(H,21,23)/t14-,16-/m1/s1. The van der Waals surface area contributed by atoms with Gasteiger partial charge in [-0.1, -0.05) is 24.1 Å². The molecule has 0 spiro atoms. The van der Waals surface area contributed by atoms with E-state index in [1.54, 1.807) is 23.5 Å². The maximum Gasteiger partial charge on any atom is 0.407 e. The predicted molar refractivity (Wildman–Crippen MR) is 110 cm³/mol. The molecule has 152 valence electrons. The van der Waals surface area contributed by atoms with Gasteiger partial charge < -0.3 is 10.1 Å². The maximum absolute atomic E-state index is 13.2. The number of nitrogens with zero attached hydrogens (tertiary/aromatic N) is 1. The Kier molecular flexibility index (Phi) is 6.98. The van der Waals surface area contributed by atoms with Crippen molar-refractivity contribution < 1.29 is 17.9 Å². The molecule has 0 saturated carbocycles. The third kappa shape index (κ3) is 5.05. The molecule has 1 fully saturated rings. The number of amides is 1.